The predicted molar refractivity (Wildman–Crippen MR) is 75.2 cm³/mol. The molecular weight excluding hydrogens is 286 g/mol. The van der Waals surface area contributed by atoms with Gasteiger partial charge in [-0.05, 0) is 5.92 Å². The predicted octanol–water partition coefficient (Wildman–Crippen LogP) is -2.05. The maximum atomic E-state index is 11.8. The van der Waals surface area contributed by atoms with Gasteiger partial charge in [0.25, 0.3) is 0 Å². The first-order valence-corrected chi connectivity index (χ1v) is 6.68. The van der Waals surface area contributed by atoms with Gasteiger partial charge in [0.05, 0.1) is 12.6 Å². The fraction of sp³-hybridized carbons (Fsp3) is 0.727. The highest BCUT2D eigenvalue weighted by atomic mass is 32.1. The van der Waals surface area contributed by atoms with Crippen LogP contribution in [-0.2, 0) is 14.4 Å². The fourth-order valence-corrected chi connectivity index (χ4v) is 1.48. The van der Waals surface area contributed by atoms with Crippen molar-refractivity contribution in [2.45, 2.75) is 32.0 Å². The Morgan fingerprint density at radius 2 is 1.65 bits per heavy atom. The second kappa shape index (κ2) is 8.77. The van der Waals surface area contributed by atoms with Gasteiger partial charge in [-0.2, -0.15) is 12.6 Å². The van der Waals surface area contributed by atoms with Gasteiger partial charge in [-0.1, -0.05) is 13.8 Å². The highest BCUT2D eigenvalue weighted by molar-refractivity contribution is 7.80. The maximum absolute atomic E-state index is 11.8. The van der Waals surface area contributed by atoms with E-state index in [0.29, 0.717) is 0 Å². The number of rotatable bonds is 8. The Kier molecular flexibility index (Phi) is 8.19. The summed E-state index contributed by atoms with van der Waals surface area (Å²) in [7, 11) is 0. The lowest BCUT2D eigenvalue weighted by Gasteiger charge is -2.22. The summed E-state index contributed by atoms with van der Waals surface area (Å²) < 4.78 is 0. The lowest BCUT2D eigenvalue weighted by Crippen LogP contribution is -2.56. The molecule has 0 saturated carbocycles. The maximum Gasteiger partial charge on any atom is 0.328 e. The van der Waals surface area contributed by atoms with Crippen LogP contribution in [0.5, 0.6) is 0 Å². The van der Waals surface area contributed by atoms with Crippen LogP contribution in [0.3, 0.4) is 0 Å². The van der Waals surface area contributed by atoms with Crippen molar-refractivity contribution in [1.82, 2.24) is 10.6 Å². The summed E-state index contributed by atoms with van der Waals surface area (Å²) in [6.45, 7) is 2.76. The van der Waals surface area contributed by atoms with Gasteiger partial charge >= 0.3 is 5.97 Å². The third-order valence-electron chi connectivity index (χ3n) is 2.63. The van der Waals surface area contributed by atoms with Crippen LogP contribution in [0.25, 0.3) is 0 Å². The zero-order valence-corrected chi connectivity index (χ0v) is 12.3. The van der Waals surface area contributed by atoms with Crippen molar-refractivity contribution >= 4 is 30.4 Å². The Morgan fingerprint density at radius 3 is 2.00 bits per heavy atom. The molecular formula is C11H21N3O5S. The van der Waals surface area contributed by atoms with E-state index in [1.165, 1.54) is 0 Å². The minimum atomic E-state index is -1.43. The first kappa shape index (κ1) is 18.7. The van der Waals surface area contributed by atoms with Crippen LogP contribution in [0.1, 0.15) is 13.8 Å². The zero-order valence-electron chi connectivity index (χ0n) is 11.4. The summed E-state index contributed by atoms with van der Waals surface area (Å²) in [4.78, 5) is 34.2. The highest BCUT2D eigenvalue weighted by Gasteiger charge is 2.27. The summed E-state index contributed by atoms with van der Waals surface area (Å²) in [5, 5.41) is 22.0. The summed E-state index contributed by atoms with van der Waals surface area (Å²) in [5.41, 5.74) is 5.64. The molecule has 3 atom stereocenters. The number of carbonyl (C=O) groups is 3. The second-order valence-electron chi connectivity index (χ2n) is 4.60. The molecule has 0 rings (SSSR count). The van der Waals surface area contributed by atoms with Crippen molar-refractivity contribution in [2.24, 2.45) is 11.7 Å². The number of aliphatic carboxylic acids is 1. The van der Waals surface area contributed by atoms with Crippen molar-refractivity contribution in [3.05, 3.63) is 0 Å². The number of amides is 2. The molecule has 3 unspecified atom stereocenters. The van der Waals surface area contributed by atoms with Crippen LogP contribution in [0, 0.1) is 5.92 Å². The van der Waals surface area contributed by atoms with E-state index >= 15 is 0 Å². The normalized spacial score (nSPS) is 15.3. The van der Waals surface area contributed by atoms with Gasteiger partial charge < -0.3 is 26.6 Å². The van der Waals surface area contributed by atoms with Gasteiger partial charge in [-0.25, -0.2) is 4.79 Å². The van der Waals surface area contributed by atoms with Gasteiger partial charge in [0, 0.05) is 5.75 Å². The zero-order chi connectivity index (χ0) is 15.9. The van der Waals surface area contributed by atoms with E-state index in [1.54, 1.807) is 13.8 Å². The number of aliphatic hydroxyl groups is 1. The van der Waals surface area contributed by atoms with Crippen LogP contribution < -0.4 is 16.4 Å². The third-order valence-corrected chi connectivity index (χ3v) is 3.00. The van der Waals surface area contributed by atoms with E-state index < -0.39 is 42.5 Å². The van der Waals surface area contributed by atoms with E-state index in [1.807, 2.05) is 0 Å². The summed E-state index contributed by atoms with van der Waals surface area (Å²) in [6.07, 6.45) is 0. The van der Waals surface area contributed by atoms with Crippen LogP contribution in [-0.4, -0.2) is 58.5 Å². The number of nitrogens with two attached hydrogens (primary N) is 1. The molecule has 0 spiro atoms. The minimum Gasteiger partial charge on any atom is -0.480 e. The van der Waals surface area contributed by atoms with E-state index in [9.17, 15) is 14.4 Å². The monoisotopic (exact) mass is 307 g/mol. The number of nitrogens with one attached hydrogen (secondary N) is 2. The molecule has 0 saturated heterocycles. The first-order valence-electron chi connectivity index (χ1n) is 6.05. The Morgan fingerprint density at radius 1 is 1.15 bits per heavy atom. The largest absolute Gasteiger partial charge is 0.480 e. The number of hydrogen-bond donors (Lipinski definition) is 6. The summed E-state index contributed by atoms with van der Waals surface area (Å²) in [5.74, 6) is -2.78. The van der Waals surface area contributed by atoms with Crippen LogP contribution in [0.15, 0.2) is 0 Å². The number of carboxylic acids is 1. The molecule has 8 nitrogen and oxygen atoms in total. The van der Waals surface area contributed by atoms with E-state index in [4.69, 9.17) is 15.9 Å². The SMILES string of the molecule is CC(C)C(N)C(=O)NC(CS)C(=O)NC(CO)C(=O)O. The first-order chi connectivity index (χ1) is 9.24. The molecule has 20 heavy (non-hydrogen) atoms. The Balaban J connectivity index is 4.64. The van der Waals surface area contributed by atoms with Gasteiger partial charge in [-0.15, -0.1) is 0 Å². The highest BCUT2D eigenvalue weighted by Crippen LogP contribution is 2.00. The summed E-state index contributed by atoms with van der Waals surface area (Å²) >= 11 is 3.93. The van der Waals surface area contributed by atoms with Crippen molar-refractivity contribution < 1.29 is 24.6 Å². The van der Waals surface area contributed by atoms with Crippen molar-refractivity contribution in [2.75, 3.05) is 12.4 Å². The van der Waals surface area contributed by atoms with Gasteiger partial charge in [0.1, 0.15) is 12.1 Å². The third kappa shape index (κ3) is 5.76. The van der Waals surface area contributed by atoms with Crippen LogP contribution in [0.2, 0.25) is 0 Å². The fourth-order valence-electron chi connectivity index (χ4n) is 1.22. The lowest BCUT2D eigenvalue weighted by molar-refractivity contribution is -0.143. The molecule has 0 aliphatic heterocycles. The van der Waals surface area contributed by atoms with E-state index in [0.717, 1.165) is 0 Å². The smallest absolute Gasteiger partial charge is 0.328 e. The van der Waals surface area contributed by atoms with Crippen molar-refractivity contribution in [3.63, 3.8) is 0 Å². The van der Waals surface area contributed by atoms with E-state index in [2.05, 4.69) is 23.3 Å². The summed E-state index contributed by atoms with van der Waals surface area (Å²) in [6, 6.07) is -3.23. The number of aliphatic hydroxyl groups excluding tert-OH is 1. The van der Waals surface area contributed by atoms with Crippen LogP contribution >= 0.6 is 12.6 Å². The lowest BCUT2D eigenvalue weighted by atomic mass is 10.0. The topological polar surface area (TPSA) is 142 Å². The molecule has 0 radical (unpaired) electrons. The molecule has 0 aliphatic carbocycles. The molecule has 0 bridgehead atoms. The molecule has 6 N–H and O–H groups in total. The van der Waals surface area contributed by atoms with Gasteiger partial charge in [-0.3, -0.25) is 9.59 Å². The standard InChI is InChI=1S/C11H21N3O5S/c1-5(2)8(12)10(17)14-7(4-20)9(16)13-6(3-15)11(18)19/h5-8,15,20H,3-4,12H2,1-2H3,(H,13,16)(H,14,17)(H,18,19). The van der Waals surface area contributed by atoms with Crippen molar-refractivity contribution in [3.8, 4) is 0 Å². The Bertz CT molecular complexity index is 364. The molecule has 2 amide bonds. The Hall–Kier alpha value is -1.32. The molecule has 0 aromatic carbocycles. The van der Waals surface area contributed by atoms with Crippen molar-refractivity contribution in [1.29, 1.82) is 0 Å². The Labute approximate surface area is 122 Å². The number of thiol groups is 1. The minimum absolute atomic E-state index is 0.0276. The second-order valence-corrected chi connectivity index (χ2v) is 4.96. The van der Waals surface area contributed by atoms with Gasteiger partial charge in [0.15, 0.2) is 0 Å². The molecule has 0 aromatic rings. The average molecular weight is 307 g/mol. The average Bonchev–Trinajstić information content (AvgIpc) is 2.39. The molecule has 9 heteroatoms. The van der Waals surface area contributed by atoms with E-state index in [-0.39, 0.29) is 11.7 Å². The number of hydrogen-bond acceptors (Lipinski definition) is 6. The molecule has 0 aromatic heterocycles. The van der Waals surface area contributed by atoms with Crippen LogP contribution in [0.4, 0.5) is 0 Å². The molecule has 0 aliphatic rings. The van der Waals surface area contributed by atoms with Gasteiger partial charge in [0.2, 0.25) is 11.8 Å². The molecule has 116 valence electrons. The quantitative estimate of drug-likeness (QED) is 0.285. The molecule has 0 heterocycles. The number of carbonyl (C=O) groups excluding carboxylic acids is 2. The number of carboxylic acid groups (broad SMARTS) is 1. The molecule has 0 fully saturated rings.